The molecule has 1 aromatic carbocycles. The molecule has 0 aliphatic heterocycles. The van der Waals surface area contributed by atoms with Crippen LogP contribution in [0, 0.1) is 5.92 Å². The number of hydrogen-bond donors (Lipinski definition) is 1. The topological polar surface area (TPSA) is 26.0 Å². The highest BCUT2D eigenvalue weighted by Crippen LogP contribution is 2.35. The van der Waals surface area contributed by atoms with Crippen LogP contribution in [0.1, 0.15) is 37.4 Å². The van der Waals surface area contributed by atoms with Crippen LogP contribution in [0.3, 0.4) is 0 Å². The number of halogens is 3. The summed E-state index contributed by atoms with van der Waals surface area (Å²) in [6, 6.07) is 4.95. The van der Waals surface area contributed by atoms with Gasteiger partial charge in [0.15, 0.2) is 0 Å². The Labute approximate surface area is 93.5 Å². The minimum absolute atomic E-state index is 0.184. The van der Waals surface area contributed by atoms with E-state index in [0.717, 1.165) is 6.07 Å². The van der Waals surface area contributed by atoms with Gasteiger partial charge in [0.2, 0.25) is 0 Å². The first-order valence-corrected chi connectivity index (χ1v) is 5.24. The van der Waals surface area contributed by atoms with E-state index >= 15 is 0 Å². The SMILES string of the molecule is CC(C)C[C@@H](N)c1ccccc1C(F)(F)F. The molecule has 0 saturated heterocycles. The predicted octanol–water partition coefficient (Wildman–Crippen LogP) is 3.75. The lowest BCUT2D eigenvalue weighted by molar-refractivity contribution is -0.138. The molecule has 0 aliphatic carbocycles. The van der Waals surface area contributed by atoms with Gasteiger partial charge in [0.05, 0.1) is 5.56 Å². The van der Waals surface area contributed by atoms with Gasteiger partial charge in [0, 0.05) is 6.04 Å². The van der Waals surface area contributed by atoms with Crippen LogP contribution < -0.4 is 5.73 Å². The van der Waals surface area contributed by atoms with Gasteiger partial charge in [-0.15, -0.1) is 0 Å². The van der Waals surface area contributed by atoms with Crippen molar-refractivity contribution in [2.24, 2.45) is 11.7 Å². The van der Waals surface area contributed by atoms with E-state index in [1.54, 1.807) is 6.07 Å². The summed E-state index contributed by atoms with van der Waals surface area (Å²) >= 11 is 0. The zero-order chi connectivity index (χ0) is 12.3. The summed E-state index contributed by atoms with van der Waals surface area (Å²) in [7, 11) is 0. The van der Waals surface area contributed by atoms with Crippen LogP contribution in [-0.4, -0.2) is 0 Å². The Balaban J connectivity index is 3.04. The maximum absolute atomic E-state index is 12.7. The molecule has 1 rings (SSSR count). The first-order valence-electron chi connectivity index (χ1n) is 5.24. The van der Waals surface area contributed by atoms with Crippen LogP contribution in [-0.2, 0) is 6.18 Å². The molecular weight excluding hydrogens is 215 g/mol. The highest BCUT2D eigenvalue weighted by molar-refractivity contribution is 5.32. The fraction of sp³-hybridized carbons (Fsp3) is 0.500. The van der Waals surface area contributed by atoms with Crippen molar-refractivity contribution in [3.05, 3.63) is 35.4 Å². The lowest BCUT2D eigenvalue weighted by Crippen LogP contribution is -2.18. The molecule has 0 saturated carbocycles. The van der Waals surface area contributed by atoms with Crippen molar-refractivity contribution in [1.29, 1.82) is 0 Å². The zero-order valence-electron chi connectivity index (χ0n) is 9.38. The summed E-state index contributed by atoms with van der Waals surface area (Å²) in [5.41, 5.74) is 5.36. The summed E-state index contributed by atoms with van der Waals surface area (Å²) in [4.78, 5) is 0. The van der Waals surface area contributed by atoms with Gasteiger partial charge >= 0.3 is 6.18 Å². The third kappa shape index (κ3) is 3.23. The van der Waals surface area contributed by atoms with E-state index < -0.39 is 17.8 Å². The van der Waals surface area contributed by atoms with Crippen LogP contribution in [0.4, 0.5) is 13.2 Å². The van der Waals surface area contributed by atoms with E-state index in [4.69, 9.17) is 5.73 Å². The molecule has 0 aliphatic rings. The number of alkyl halides is 3. The first kappa shape index (κ1) is 13.0. The van der Waals surface area contributed by atoms with Crippen molar-refractivity contribution >= 4 is 0 Å². The molecule has 0 aromatic heterocycles. The summed E-state index contributed by atoms with van der Waals surface area (Å²) < 4.78 is 38.1. The lowest BCUT2D eigenvalue weighted by Gasteiger charge is -2.19. The molecule has 1 aromatic rings. The van der Waals surface area contributed by atoms with E-state index in [0.29, 0.717) is 6.42 Å². The molecule has 0 bridgehead atoms. The van der Waals surface area contributed by atoms with Gasteiger partial charge in [-0.05, 0) is 24.0 Å². The molecule has 0 fully saturated rings. The maximum Gasteiger partial charge on any atom is 0.416 e. The van der Waals surface area contributed by atoms with Gasteiger partial charge < -0.3 is 5.73 Å². The second-order valence-corrected chi connectivity index (χ2v) is 4.32. The summed E-state index contributed by atoms with van der Waals surface area (Å²) in [6.45, 7) is 3.88. The third-order valence-electron chi connectivity index (χ3n) is 2.39. The summed E-state index contributed by atoms with van der Waals surface area (Å²) in [5.74, 6) is 0.274. The number of hydrogen-bond acceptors (Lipinski definition) is 1. The predicted molar refractivity (Wildman–Crippen MR) is 57.8 cm³/mol. The van der Waals surface area contributed by atoms with Crippen molar-refractivity contribution in [2.75, 3.05) is 0 Å². The van der Waals surface area contributed by atoms with E-state index in [2.05, 4.69) is 0 Å². The number of benzene rings is 1. The van der Waals surface area contributed by atoms with Crippen LogP contribution >= 0.6 is 0 Å². The van der Waals surface area contributed by atoms with Gasteiger partial charge in [0.1, 0.15) is 0 Å². The molecule has 2 N–H and O–H groups in total. The van der Waals surface area contributed by atoms with E-state index in [9.17, 15) is 13.2 Å². The molecule has 0 spiro atoms. The minimum Gasteiger partial charge on any atom is -0.324 e. The fourth-order valence-electron chi connectivity index (χ4n) is 1.71. The summed E-state index contributed by atoms with van der Waals surface area (Å²) in [5, 5.41) is 0. The Hall–Kier alpha value is -1.03. The molecular formula is C12H16F3N. The van der Waals surface area contributed by atoms with Crippen LogP contribution in [0.5, 0.6) is 0 Å². The largest absolute Gasteiger partial charge is 0.416 e. The fourth-order valence-corrected chi connectivity index (χ4v) is 1.71. The molecule has 0 radical (unpaired) electrons. The Morgan fingerprint density at radius 2 is 1.75 bits per heavy atom. The second kappa shape index (κ2) is 4.87. The van der Waals surface area contributed by atoms with Gasteiger partial charge in [-0.3, -0.25) is 0 Å². The van der Waals surface area contributed by atoms with Gasteiger partial charge in [-0.25, -0.2) is 0 Å². The lowest BCUT2D eigenvalue weighted by atomic mass is 9.94. The van der Waals surface area contributed by atoms with Gasteiger partial charge in [-0.2, -0.15) is 13.2 Å². The zero-order valence-corrected chi connectivity index (χ0v) is 9.38. The molecule has 90 valence electrons. The molecule has 0 heterocycles. The second-order valence-electron chi connectivity index (χ2n) is 4.32. The molecule has 4 heteroatoms. The highest BCUT2D eigenvalue weighted by atomic mass is 19.4. The Kier molecular flexibility index (Phi) is 3.97. The first-order chi connectivity index (χ1) is 7.32. The highest BCUT2D eigenvalue weighted by Gasteiger charge is 2.34. The molecule has 1 atom stereocenters. The molecule has 1 nitrogen and oxygen atoms in total. The van der Waals surface area contributed by atoms with Crippen molar-refractivity contribution in [1.82, 2.24) is 0 Å². The standard InChI is InChI=1S/C12H16F3N/c1-8(2)7-11(16)9-5-3-4-6-10(9)12(13,14)15/h3-6,8,11H,7,16H2,1-2H3/t11-/m1/s1. The van der Waals surface area contributed by atoms with Crippen LogP contribution in [0.15, 0.2) is 24.3 Å². The monoisotopic (exact) mass is 231 g/mol. The quantitative estimate of drug-likeness (QED) is 0.842. The molecule has 0 amide bonds. The van der Waals surface area contributed by atoms with Crippen molar-refractivity contribution in [2.45, 2.75) is 32.5 Å². The van der Waals surface area contributed by atoms with Gasteiger partial charge in [-0.1, -0.05) is 32.0 Å². The summed E-state index contributed by atoms with van der Waals surface area (Å²) in [6.07, 6.45) is -3.78. The number of rotatable bonds is 3. The van der Waals surface area contributed by atoms with Crippen molar-refractivity contribution in [3.8, 4) is 0 Å². The minimum atomic E-state index is -4.33. The van der Waals surface area contributed by atoms with E-state index in [1.807, 2.05) is 13.8 Å². The molecule has 16 heavy (non-hydrogen) atoms. The van der Waals surface area contributed by atoms with Crippen molar-refractivity contribution in [3.63, 3.8) is 0 Å². The Morgan fingerprint density at radius 3 is 2.25 bits per heavy atom. The Bertz CT molecular complexity index is 344. The maximum atomic E-state index is 12.7. The molecule has 0 unspecified atom stereocenters. The smallest absolute Gasteiger partial charge is 0.324 e. The van der Waals surface area contributed by atoms with E-state index in [-0.39, 0.29) is 11.5 Å². The third-order valence-corrected chi connectivity index (χ3v) is 2.39. The Morgan fingerprint density at radius 1 is 1.19 bits per heavy atom. The average Bonchev–Trinajstić information content (AvgIpc) is 2.15. The number of nitrogens with two attached hydrogens (primary N) is 1. The van der Waals surface area contributed by atoms with Crippen LogP contribution in [0.2, 0.25) is 0 Å². The van der Waals surface area contributed by atoms with Crippen molar-refractivity contribution < 1.29 is 13.2 Å². The normalized spacial score (nSPS) is 14.2. The van der Waals surface area contributed by atoms with Crippen LogP contribution in [0.25, 0.3) is 0 Å². The van der Waals surface area contributed by atoms with Gasteiger partial charge in [0.25, 0.3) is 0 Å². The van der Waals surface area contributed by atoms with E-state index in [1.165, 1.54) is 12.1 Å². The average molecular weight is 231 g/mol.